The molecule has 0 radical (unpaired) electrons. The number of ether oxygens (including phenoxy) is 6. The molecule has 0 atom stereocenters. The molecule has 0 aliphatic heterocycles. The maximum Gasteiger partial charge on any atom is 0.0701 e. The zero-order valence-corrected chi connectivity index (χ0v) is 17.2. The number of rotatable bonds is 17. The van der Waals surface area contributed by atoms with Gasteiger partial charge >= 0.3 is 0 Å². The van der Waals surface area contributed by atoms with E-state index in [9.17, 15) is 0 Å². The SMILES string of the molecule is CCOCC.CCOCCOCCOCC.OCCOCCOCCO. The lowest BCUT2D eigenvalue weighted by atomic mass is 10.7. The van der Waals surface area contributed by atoms with Crippen molar-refractivity contribution in [3.63, 3.8) is 0 Å². The summed E-state index contributed by atoms with van der Waals surface area (Å²) in [6.07, 6.45) is 0. The van der Waals surface area contributed by atoms with Crippen molar-refractivity contribution in [1.29, 1.82) is 0 Å². The summed E-state index contributed by atoms with van der Waals surface area (Å²) in [6, 6.07) is 0. The summed E-state index contributed by atoms with van der Waals surface area (Å²) in [7, 11) is 0. The number of hydrogen-bond donors (Lipinski definition) is 2. The zero-order chi connectivity index (χ0) is 20.1. The molecule has 0 aromatic heterocycles. The quantitative estimate of drug-likeness (QED) is 0.359. The van der Waals surface area contributed by atoms with Crippen LogP contribution in [-0.4, -0.2) is 103 Å². The second-order valence-corrected chi connectivity index (χ2v) is 4.46. The molecule has 0 saturated heterocycles. The summed E-state index contributed by atoms with van der Waals surface area (Å²) in [5.41, 5.74) is 0. The summed E-state index contributed by atoms with van der Waals surface area (Å²) in [6.45, 7) is 15.6. The van der Waals surface area contributed by atoms with Gasteiger partial charge in [0.15, 0.2) is 0 Å². The molecule has 0 spiro atoms. The lowest BCUT2D eigenvalue weighted by Crippen LogP contribution is -2.09. The summed E-state index contributed by atoms with van der Waals surface area (Å²) < 4.78 is 29.9. The van der Waals surface area contributed by atoms with Crippen molar-refractivity contribution < 1.29 is 38.6 Å². The Balaban J connectivity index is -0.000000327. The first-order chi connectivity index (χ1) is 12.7. The standard InChI is InChI=1S/C8H18O3.C6H14O4.C4H10O/c1-3-9-5-7-11-8-6-10-4-2;7-1-3-9-5-6-10-4-2-8;1-3-5-4-2/h3-8H2,1-2H3;7-8H,1-6H2;3-4H2,1-2H3. The van der Waals surface area contributed by atoms with Crippen LogP contribution in [0.15, 0.2) is 0 Å². The van der Waals surface area contributed by atoms with Gasteiger partial charge in [-0.15, -0.1) is 0 Å². The summed E-state index contributed by atoms with van der Waals surface area (Å²) in [5, 5.41) is 16.5. The Morgan fingerprint density at radius 2 is 0.654 bits per heavy atom. The molecule has 162 valence electrons. The fraction of sp³-hybridized carbons (Fsp3) is 1.00. The van der Waals surface area contributed by atoms with Crippen molar-refractivity contribution in [3.05, 3.63) is 0 Å². The van der Waals surface area contributed by atoms with Crippen molar-refractivity contribution in [1.82, 2.24) is 0 Å². The van der Waals surface area contributed by atoms with Gasteiger partial charge < -0.3 is 38.6 Å². The highest BCUT2D eigenvalue weighted by Gasteiger charge is 1.88. The summed E-state index contributed by atoms with van der Waals surface area (Å²) in [5.74, 6) is 0. The van der Waals surface area contributed by atoms with E-state index in [1.807, 2.05) is 27.7 Å². The average Bonchev–Trinajstić information content (AvgIpc) is 2.66. The number of aliphatic hydroxyl groups is 2. The maximum absolute atomic E-state index is 8.26. The predicted octanol–water partition coefficient (Wildman–Crippen LogP) is 1.12. The van der Waals surface area contributed by atoms with E-state index in [4.69, 9.17) is 38.6 Å². The summed E-state index contributed by atoms with van der Waals surface area (Å²) >= 11 is 0. The molecule has 2 N–H and O–H groups in total. The lowest BCUT2D eigenvalue weighted by Gasteiger charge is -2.03. The number of hydrogen-bond acceptors (Lipinski definition) is 8. The Labute approximate surface area is 159 Å². The highest BCUT2D eigenvalue weighted by Crippen LogP contribution is 1.79. The first-order valence-electron chi connectivity index (χ1n) is 9.42. The second kappa shape index (κ2) is 35.7. The van der Waals surface area contributed by atoms with Crippen LogP contribution in [0.5, 0.6) is 0 Å². The van der Waals surface area contributed by atoms with Gasteiger partial charge in [-0.05, 0) is 27.7 Å². The molecule has 0 aliphatic rings. The minimum atomic E-state index is 0.0417. The topological polar surface area (TPSA) is 95.8 Å². The van der Waals surface area contributed by atoms with Gasteiger partial charge in [-0.3, -0.25) is 0 Å². The van der Waals surface area contributed by atoms with Crippen molar-refractivity contribution in [2.45, 2.75) is 27.7 Å². The third-order valence-electron chi connectivity index (χ3n) is 2.40. The van der Waals surface area contributed by atoms with Crippen LogP contribution >= 0.6 is 0 Å². The van der Waals surface area contributed by atoms with Crippen LogP contribution in [0.3, 0.4) is 0 Å². The highest BCUT2D eigenvalue weighted by atomic mass is 16.5. The van der Waals surface area contributed by atoms with Crippen LogP contribution in [0, 0.1) is 0 Å². The van der Waals surface area contributed by atoms with Gasteiger partial charge in [0, 0.05) is 26.4 Å². The van der Waals surface area contributed by atoms with Gasteiger partial charge in [0.1, 0.15) is 0 Å². The molecule has 0 fully saturated rings. The van der Waals surface area contributed by atoms with E-state index in [2.05, 4.69) is 0 Å². The van der Waals surface area contributed by atoms with Gasteiger partial charge in [0.25, 0.3) is 0 Å². The first-order valence-corrected chi connectivity index (χ1v) is 9.42. The molecular weight excluding hydrogens is 344 g/mol. The van der Waals surface area contributed by atoms with Gasteiger partial charge in [-0.1, -0.05) is 0 Å². The molecule has 0 rings (SSSR count). The Kier molecular flexibility index (Phi) is 41.8. The molecule has 0 bridgehead atoms. The smallest absolute Gasteiger partial charge is 0.0701 e. The van der Waals surface area contributed by atoms with Crippen molar-refractivity contribution in [2.24, 2.45) is 0 Å². The van der Waals surface area contributed by atoms with Crippen molar-refractivity contribution in [2.75, 3.05) is 92.5 Å². The predicted molar refractivity (Wildman–Crippen MR) is 102 cm³/mol. The second-order valence-electron chi connectivity index (χ2n) is 4.46. The fourth-order valence-corrected chi connectivity index (χ4v) is 1.28. The van der Waals surface area contributed by atoms with Crippen LogP contribution in [-0.2, 0) is 28.4 Å². The van der Waals surface area contributed by atoms with E-state index < -0.39 is 0 Å². The van der Waals surface area contributed by atoms with Gasteiger partial charge in [0.2, 0.25) is 0 Å². The molecule has 0 amide bonds. The van der Waals surface area contributed by atoms with Gasteiger partial charge in [-0.25, -0.2) is 0 Å². The molecule has 0 saturated carbocycles. The highest BCUT2D eigenvalue weighted by molar-refractivity contribution is 4.31. The number of aliphatic hydroxyl groups excluding tert-OH is 2. The fourth-order valence-electron chi connectivity index (χ4n) is 1.28. The van der Waals surface area contributed by atoms with E-state index >= 15 is 0 Å². The maximum atomic E-state index is 8.26. The third-order valence-corrected chi connectivity index (χ3v) is 2.40. The van der Waals surface area contributed by atoms with Gasteiger partial charge in [0.05, 0.1) is 66.1 Å². The van der Waals surface area contributed by atoms with E-state index in [-0.39, 0.29) is 13.2 Å². The minimum absolute atomic E-state index is 0.0417. The lowest BCUT2D eigenvalue weighted by molar-refractivity contribution is 0.0195. The minimum Gasteiger partial charge on any atom is -0.394 e. The van der Waals surface area contributed by atoms with Crippen molar-refractivity contribution >= 4 is 0 Å². The third kappa shape index (κ3) is 43.8. The molecule has 8 nitrogen and oxygen atoms in total. The van der Waals surface area contributed by atoms with E-state index in [1.54, 1.807) is 0 Å². The molecule has 0 unspecified atom stereocenters. The normalized spacial score (nSPS) is 9.92. The average molecular weight is 387 g/mol. The Morgan fingerprint density at radius 1 is 0.385 bits per heavy atom. The van der Waals surface area contributed by atoms with Crippen LogP contribution in [0.4, 0.5) is 0 Å². The van der Waals surface area contributed by atoms with Gasteiger partial charge in [-0.2, -0.15) is 0 Å². The molecular formula is C18H42O8. The molecule has 0 aliphatic carbocycles. The van der Waals surface area contributed by atoms with Crippen molar-refractivity contribution in [3.8, 4) is 0 Å². The largest absolute Gasteiger partial charge is 0.394 e. The Bertz CT molecular complexity index is 178. The van der Waals surface area contributed by atoms with Crippen LogP contribution in [0.2, 0.25) is 0 Å². The van der Waals surface area contributed by atoms with E-state index in [0.717, 1.165) is 26.4 Å². The zero-order valence-electron chi connectivity index (χ0n) is 17.2. The molecule has 26 heavy (non-hydrogen) atoms. The van der Waals surface area contributed by atoms with Crippen LogP contribution in [0.25, 0.3) is 0 Å². The van der Waals surface area contributed by atoms with Crippen LogP contribution in [0.1, 0.15) is 27.7 Å². The van der Waals surface area contributed by atoms with E-state index in [0.29, 0.717) is 52.9 Å². The monoisotopic (exact) mass is 386 g/mol. The first kappa shape index (κ1) is 30.4. The van der Waals surface area contributed by atoms with E-state index in [1.165, 1.54) is 0 Å². The Morgan fingerprint density at radius 3 is 0.885 bits per heavy atom. The summed E-state index contributed by atoms with van der Waals surface area (Å²) in [4.78, 5) is 0. The van der Waals surface area contributed by atoms with Crippen LogP contribution < -0.4 is 0 Å². The molecule has 0 aromatic rings. The molecule has 8 heteroatoms. The molecule has 0 aromatic carbocycles. The molecule has 0 heterocycles. The Hall–Kier alpha value is -0.320.